The van der Waals surface area contributed by atoms with Gasteiger partial charge in [0.05, 0.1) is 23.9 Å². The number of ether oxygens (including phenoxy) is 1. The third-order valence-electron chi connectivity index (χ3n) is 7.22. The standard InChI is InChI=1S/C31H31FN6O/c1-22-29-30(37-17-15-36(16-18-37)21-24-9-6-10-27(19-24)39-2)33-28(20-23-7-4-3-5-8-23)34-31(29)38(35-22)26-13-11-25(32)12-14-26/h3-14,19H,15-18,20-21H2,1-2H3. The highest BCUT2D eigenvalue weighted by molar-refractivity contribution is 5.91. The van der Waals surface area contributed by atoms with Gasteiger partial charge in [0, 0.05) is 39.1 Å². The number of nitrogens with zero attached hydrogens (tertiary/aromatic N) is 6. The largest absolute Gasteiger partial charge is 0.497 e. The second-order valence-corrected chi connectivity index (χ2v) is 9.91. The van der Waals surface area contributed by atoms with Gasteiger partial charge in [-0.3, -0.25) is 4.90 Å². The summed E-state index contributed by atoms with van der Waals surface area (Å²) in [4.78, 5) is 14.9. The van der Waals surface area contributed by atoms with E-state index in [0.29, 0.717) is 6.42 Å². The van der Waals surface area contributed by atoms with Crippen molar-refractivity contribution in [2.75, 3.05) is 38.2 Å². The summed E-state index contributed by atoms with van der Waals surface area (Å²) in [7, 11) is 1.70. The fourth-order valence-corrected chi connectivity index (χ4v) is 5.20. The molecule has 39 heavy (non-hydrogen) atoms. The van der Waals surface area contributed by atoms with Gasteiger partial charge >= 0.3 is 0 Å². The van der Waals surface area contributed by atoms with Gasteiger partial charge in [0.15, 0.2) is 5.65 Å². The van der Waals surface area contributed by atoms with Crippen LogP contribution in [-0.4, -0.2) is 57.9 Å². The number of piperazine rings is 1. The Kier molecular flexibility index (Phi) is 6.94. The van der Waals surface area contributed by atoms with Crippen LogP contribution in [0, 0.1) is 12.7 Å². The summed E-state index contributed by atoms with van der Waals surface area (Å²) in [5.74, 6) is 2.26. The molecule has 7 nitrogen and oxygen atoms in total. The highest BCUT2D eigenvalue weighted by atomic mass is 19.1. The van der Waals surface area contributed by atoms with E-state index in [0.717, 1.165) is 78.1 Å². The molecule has 0 amide bonds. The van der Waals surface area contributed by atoms with Gasteiger partial charge in [0.25, 0.3) is 0 Å². The van der Waals surface area contributed by atoms with E-state index in [4.69, 9.17) is 19.8 Å². The monoisotopic (exact) mass is 522 g/mol. The zero-order valence-electron chi connectivity index (χ0n) is 22.2. The van der Waals surface area contributed by atoms with Crippen LogP contribution in [-0.2, 0) is 13.0 Å². The van der Waals surface area contributed by atoms with Gasteiger partial charge in [-0.2, -0.15) is 5.10 Å². The van der Waals surface area contributed by atoms with Crippen LogP contribution in [0.5, 0.6) is 5.75 Å². The highest BCUT2D eigenvalue weighted by Crippen LogP contribution is 2.30. The number of rotatable bonds is 7. The summed E-state index contributed by atoms with van der Waals surface area (Å²) in [6.07, 6.45) is 0.618. The SMILES string of the molecule is COc1cccc(CN2CCN(c3nc(Cc4ccccc4)nc4c3c(C)nn4-c3ccc(F)cc3)CC2)c1. The summed E-state index contributed by atoms with van der Waals surface area (Å²) >= 11 is 0. The number of aryl methyl sites for hydroxylation is 1. The van der Waals surface area contributed by atoms with Gasteiger partial charge < -0.3 is 9.64 Å². The average molecular weight is 523 g/mol. The van der Waals surface area contributed by atoms with Crippen molar-refractivity contribution in [3.8, 4) is 11.4 Å². The van der Waals surface area contributed by atoms with Gasteiger partial charge in [-0.25, -0.2) is 19.0 Å². The van der Waals surface area contributed by atoms with Crippen LogP contribution in [0.4, 0.5) is 10.2 Å². The molecule has 0 saturated carbocycles. The Morgan fingerprint density at radius 3 is 2.33 bits per heavy atom. The Bertz CT molecular complexity index is 1580. The molecule has 0 atom stereocenters. The summed E-state index contributed by atoms with van der Waals surface area (Å²) in [6, 6.07) is 24.9. The van der Waals surface area contributed by atoms with Crippen LogP contribution >= 0.6 is 0 Å². The first kappa shape index (κ1) is 25.0. The van der Waals surface area contributed by atoms with Crippen molar-refractivity contribution in [3.63, 3.8) is 0 Å². The topological polar surface area (TPSA) is 59.3 Å². The molecule has 6 rings (SSSR count). The molecule has 1 saturated heterocycles. The zero-order chi connectivity index (χ0) is 26.8. The highest BCUT2D eigenvalue weighted by Gasteiger charge is 2.25. The first-order chi connectivity index (χ1) is 19.1. The molecular weight excluding hydrogens is 491 g/mol. The first-order valence-corrected chi connectivity index (χ1v) is 13.2. The molecule has 0 spiro atoms. The minimum absolute atomic E-state index is 0.279. The zero-order valence-corrected chi connectivity index (χ0v) is 22.2. The van der Waals surface area contributed by atoms with Crippen LogP contribution in [0.15, 0.2) is 78.9 Å². The second kappa shape index (κ2) is 10.8. The summed E-state index contributed by atoms with van der Waals surface area (Å²) in [6.45, 7) is 6.41. The number of fused-ring (bicyclic) bond motifs is 1. The number of halogens is 1. The predicted molar refractivity (Wildman–Crippen MR) is 151 cm³/mol. The molecule has 5 aromatic rings. The molecule has 3 aromatic carbocycles. The lowest BCUT2D eigenvalue weighted by Crippen LogP contribution is -2.46. The second-order valence-electron chi connectivity index (χ2n) is 9.91. The van der Waals surface area contributed by atoms with Gasteiger partial charge in [-0.1, -0.05) is 42.5 Å². The molecule has 3 heterocycles. The van der Waals surface area contributed by atoms with Gasteiger partial charge in [-0.05, 0) is 54.4 Å². The average Bonchev–Trinajstić information content (AvgIpc) is 3.30. The molecule has 0 bridgehead atoms. The minimum Gasteiger partial charge on any atom is -0.497 e. The summed E-state index contributed by atoms with van der Waals surface area (Å²) < 4.78 is 20.9. The number of hydrogen-bond donors (Lipinski definition) is 0. The summed E-state index contributed by atoms with van der Waals surface area (Å²) in [5.41, 5.74) is 4.76. The maximum Gasteiger partial charge on any atom is 0.169 e. The van der Waals surface area contributed by atoms with E-state index in [2.05, 4.69) is 34.1 Å². The van der Waals surface area contributed by atoms with Crippen molar-refractivity contribution < 1.29 is 9.13 Å². The summed E-state index contributed by atoms with van der Waals surface area (Å²) in [5, 5.41) is 5.77. The smallest absolute Gasteiger partial charge is 0.169 e. The minimum atomic E-state index is -0.279. The molecule has 0 aliphatic carbocycles. The predicted octanol–water partition coefficient (Wildman–Crippen LogP) is 5.18. The fourth-order valence-electron chi connectivity index (χ4n) is 5.20. The van der Waals surface area contributed by atoms with Crippen molar-refractivity contribution in [2.45, 2.75) is 19.9 Å². The van der Waals surface area contributed by atoms with Crippen molar-refractivity contribution in [3.05, 3.63) is 107 Å². The molecule has 1 aliphatic heterocycles. The Hall–Kier alpha value is -4.30. The van der Waals surface area contributed by atoms with Crippen LogP contribution in [0.2, 0.25) is 0 Å². The molecule has 198 valence electrons. The Morgan fingerprint density at radius 2 is 1.59 bits per heavy atom. The lowest BCUT2D eigenvalue weighted by molar-refractivity contribution is 0.249. The fraction of sp³-hybridized carbons (Fsp3) is 0.258. The molecular formula is C31H31FN6O. The van der Waals surface area contributed by atoms with Crippen LogP contribution in [0.25, 0.3) is 16.7 Å². The van der Waals surface area contributed by atoms with E-state index in [-0.39, 0.29) is 5.82 Å². The lowest BCUT2D eigenvalue weighted by atomic mass is 10.1. The van der Waals surface area contributed by atoms with E-state index >= 15 is 0 Å². The third-order valence-corrected chi connectivity index (χ3v) is 7.22. The van der Waals surface area contributed by atoms with E-state index in [1.807, 2.05) is 41.9 Å². The maximum absolute atomic E-state index is 13.7. The number of methoxy groups -OCH3 is 1. The van der Waals surface area contributed by atoms with Crippen molar-refractivity contribution in [2.24, 2.45) is 0 Å². The van der Waals surface area contributed by atoms with E-state index in [1.54, 1.807) is 19.2 Å². The molecule has 2 aromatic heterocycles. The molecule has 1 fully saturated rings. The van der Waals surface area contributed by atoms with E-state index in [1.165, 1.54) is 17.7 Å². The van der Waals surface area contributed by atoms with Crippen LogP contribution in [0.3, 0.4) is 0 Å². The van der Waals surface area contributed by atoms with Crippen LogP contribution < -0.4 is 9.64 Å². The number of hydrogen-bond acceptors (Lipinski definition) is 6. The first-order valence-electron chi connectivity index (χ1n) is 13.2. The Morgan fingerprint density at radius 1 is 0.846 bits per heavy atom. The van der Waals surface area contributed by atoms with Crippen molar-refractivity contribution in [1.82, 2.24) is 24.6 Å². The maximum atomic E-state index is 13.7. The Labute approximate surface area is 227 Å². The van der Waals surface area contributed by atoms with Crippen molar-refractivity contribution in [1.29, 1.82) is 0 Å². The molecule has 0 radical (unpaired) electrons. The van der Waals surface area contributed by atoms with Gasteiger partial charge in [-0.15, -0.1) is 0 Å². The number of aromatic nitrogens is 4. The van der Waals surface area contributed by atoms with E-state index in [9.17, 15) is 4.39 Å². The van der Waals surface area contributed by atoms with E-state index < -0.39 is 0 Å². The molecule has 0 unspecified atom stereocenters. The quantitative estimate of drug-likeness (QED) is 0.293. The van der Waals surface area contributed by atoms with Crippen molar-refractivity contribution >= 4 is 16.9 Å². The number of benzene rings is 3. The number of anilines is 1. The van der Waals surface area contributed by atoms with Crippen LogP contribution in [0.1, 0.15) is 22.6 Å². The molecule has 8 heteroatoms. The molecule has 0 N–H and O–H groups in total. The normalized spacial score (nSPS) is 14.2. The third kappa shape index (κ3) is 5.33. The molecule has 1 aliphatic rings. The lowest BCUT2D eigenvalue weighted by Gasteiger charge is -2.35. The Balaban J connectivity index is 1.33. The van der Waals surface area contributed by atoms with Gasteiger partial charge in [0.1, 0.15) is 23.2 Å². The van der Waals surface area contributed by atoms with Gasteiger partial charge in [0.2, 0.25) is 0 Å².